The summed E-state index contributed by atoms with van der Waals surface area (Å²) in [5.74, 6) is -0.692. The van der Waals surface area contributed by atoms with E-state index in [0.29, 0.717) is 35.5 Å². The van der Waals surface area contributed by atoms with Gasteiger partial charge in [-0.05, 0) is 69.5 Å². The summed E-state index contributed by atoms with van der Waals surface area (Å²) in [6.07, 6.45) is 8.20. The molecule has 15 nitrogen and oxygen atoms in total. The fourth-order valence-corrected chi connectivity index (χ4v) is 11.7. The van der Waals surface area contributed by atoms with Crippen molar-refractivity contribution in [2.75, 3.05) is 68.2 Å². The molecule has 1 saturated heterocycles. The van der Waals surface area contributed by atoms with Crippen molar-refractivity contribution in [1.29, 1.82) is 0 Å². The summed E-state index contributed by atoms with van der Waals surface area (Å²) in [7, 11) is 2.78. The van der Waals surface area contributed by atoms with Crippen LogP contribution in [0.25, 0.3) is 0 Å². The lowest BCUT2D eigenvalue weighted by Crippen LogP contribution is -3.00. The predicted octanol–water partition coefficient (Wildman–Crippen LogP) is 6.06. The number of amides is 1. The topological polar surface area (TPSA) is 171 Å². The SMILES string of the molecule is C#CCOC1CC(/C=C/C2=[N+](CC)c3ccccc3C2(C)C)=C(N(CC)C(=O)OCCSSCCOC(=O)OC[C@H]2O[C@@H](n3ccc(N)nc3=O)C(F)(F)[C@H]2O)C(=C/C=C2/N(CC)c3ccccc3C2(C)C)/C1.[Cl-]. The highest BCUT2D eigenvalue weighted by Gasteiger charge is 2.60. The second kappa shape index (κ2) is 24.8. The number of nitrogens with two attached hydrogens (primary N) is 1. The van der Waals surface area contributed by atoms with Crippen LogP contribution in [0, 0.1) is 12.3 Å². The summed E-state index contributed by atoms with van der Waals surface area (Å²) in [6.45, 7) is 16.4. The van der Waals surface area contributed by atoms with Crippen molar-refractivity contribution in [2.45, 2.75) is 103 Å². The molecule has 3 aromatic rings. The molecule has 4 heterocycles. The number of ether oxygens (including phenoxy) is 5. The quantitative estimate of drug-likeness (QED) is 0.0467. The van der Waals surface area contributed by atoms with E-state index in [0.717, 1.165) is 53.6 Å². The number of halogens is 3. The number of hydrogen-bond donors (Lipinski definition) is 2. The third-order valence-corrected chi connectivity index (χ3v) is 15.9. The molecule has 4 aliphatic rings. The molecule has 3 aliphatic heterocycles. The molecule has 74 heavy (non-hydrogen) atoms. The van der Waals surface area contributed by atoms with Gasteiger partial charge in [-0.2, -0.15) is 18.3 Å². The minimum Gasteiger partial charge on any atom is -1.00 e. The lowest BCUT2D eigenvalue weighted by atomic mass is 9.80. The van der Waals surface area contributed by atoms with Crippen LogP contribution in [0.5, 0.6) is 0 Å². The molecule has 1 aliphatic carbocycles. The molecule has 1 unspecified atom stereocenters. The van der Waals surface area contributed by atoms with Crippen molar-refractivity contribution in [2.24, 2.45) is 0 Å². The molecule has 2 aromatic carbocycles. The molecule has 0 bridgehead atoms. The number of hydrogen-bond acceptors (Lipinski definition) is 14. The molecule has 4 atom stereocenters. The average Bonchev–Trinajstić information content (AvgIpc) is 3.84. The van der Waals surface area contributed by atoms with Gasteiger partial charge >= 0.3 is 23.9 Å². The molecule has 7 rings (SSSR count). The third kappa shape index (κ3) is 12.1. The average molecular weight is 1080 g/mol. The van der Waals surface area contributed by atoms with Crippen molar-refractivity contribution in [3.63, 3.8) is 0 Å². The van der Waals surface area contributed by atoms with Gasteiger partial charge in [-0.1, -0.05) is 89.9 Å². The normalized spacial score (nSPS) is 22.4. The highest BCUT2D eigenvalue weighted by atomic mass is 35.5. The zero-order valence-electron chi connectivity index (χ0n) is 42.7. The van der Waals surface area contributed by atoms with Crippen LogP contribution < -0.4 is 28.7 Å². The van der Waals surface area contributed by atoms with E-state index >= 15 is 0 Å². The number of benzene rings is 2. The van der Waals surface area contributed by atoms with E-state index in [1.165, 1.54) is 44.1 Å². The van der Waals surface area contributed by atoms with Crippen molar-refractivity contribution >= 4 is 56.7 Å². The van der Waals surface area contributed by atoms with Crippen molar-refractivity contribution in [3.8, 4) is 12.3 Å². The highest BCUT2D eigenvalue weighted by molar-refractivity contribution is 8.76. The number of aliphatic hydroxyl groups excluding tert-OH is 1. The molecule has 0 saturated carbocycles. The minimum absolute atomic E-state index is 0. The Morgan fingerprint density at radius 2 is 1.66 bits per heavy atom. The number of allylic oxidation sites excluding steroid dienone is 6. The molecule has 3 N–H and O–H groups in total. The van der Waals surface area contributed by atoms with Crippen molar-refractivity contribution in [3.05, 3.63) is 129 Å². The summed E-state index contributed by atoms with van der Waals surface area (Å²) < 4.78 is 60.1. The predicted molar refractivity (Wildman–Crippen MR) is 281 cm³/mol. The van der Waals surface area contributed by atoms with E-state index in [2.05, 4.69) is 135 Å². The Labute approximate surface area is 445 Å². The summed E-state index contributed by atoms with van der Waals surface area (Å²) in [4.78, 5) is 46.3. The second-order valence-electron chi connectivity index (χ2n) is 18.8. The van der Waals surface area contributed by atoms with Crippen LogP contribution in [0.2, 0.25) is 0 Å². The first kappa shape index (κ1) is 57.7. The van der Waals surface area contributed by atoms with Gasteiger partial charge in [-0.25, -0.2) is 14.4 Å². The number of carbonyl (C=O) groups is 2. The van der Waals surface area contributed by atoms with E-state index in [-0.39, 0.29) is 55.0 Å². The number of alkyl halides is 2. The Hall–Kier alpha value is -5.62. The Morgan fingerprint density at radius 3 is 2.34 bits per heavy atom. The first-order valence-electron chi connectivity index (χ1n) is 24.4. The van der Waals surface area contributed by atoms with E-state index in [9.17, 15) is 28.3 Å². The molecule has 1 amide bonds. The van der Waals surface area contributed by atoms with Crippen LogP contribution >= 0.6 is 21.6 Å². The standard InChI is InChI=1S/C54H64F2N6O9S2.ClH/c1-9-27-67-37-32-35(21-23-43-52(5,6)38-17-13-15-19-40(38)59(43)10-2)46(36(33-37)22-24-44-53(7,8)39-18-14-16-20-41(39)60(44)11-3)61(12-4)50(65)68-28-30-72-73-31-29-69-51(66)70-34-42-47(63)54(55,56)48(71-42)62-26-25-45(57)58-49(62)64;/h1,13-26,37,42,47-48,63H,10-12,27-34H2,2-8H3,(H-,57,58,64);1H/t42-,47+,48-;/m1./s1. The van der Waals surface area contributed by atoms with Gasteiger partial charge in [0.1, 0.15) is 44.9 Å². The summed E-state index contributed by atoms with van der Waals surface area (Å²) in [5.41, 5.74) is 13.5. The fraction of sp³-hybridized carbons (Fsp3) is 0.463. The van der Waals surface area contributed by atoms with Crippen LogP contribution in [0.3, 0.4) is 0 Å². The maximum atomic E-state index is 14.9. The molecule has 0 radical (unpaired) electrons. The number of anilines is 2. The van der Waals surface area contributed by atoms with Crippen LogP contribution in [0.4, 0.5) is 35.6 Å². The van der Waals surface area contributed by atoms with Crippen LogP contribution in [0.15, 0.2) is 112 Å². The maximum absolute atomic E-state index is 14.9. The smallest absolute Gasteiger partial charge is 0.508 e. The van der Waals surface area contributed by atoms with E-state index < -0.39 is 48.9 Å². The molecule has 398 valence electrons. The highest BCUT2D eigenvalue weighted by Crippen LogP contribution is 2.48. The van der Waals surface area contributed by atoms with Crippen LogP contribution in [-0.2, 0) is 34.5 Å². The minimum atomic E-state index is -3.90. The Bertz CT molecular complexity index is 2810. The Morgan fingerprint density at radius 1 is 0.973 bits per heavy atom. The van der Waals surface area contributed by atoms with Gasteiger partial charge < -0.3 is 51.8 Å². The number of nitrogens with zero attached hydrogens (tertiary/aromatic N) is 5. The number of terminal acetylenes is 1. The van der Waals surface area contributed by atoms with E-state index in [1.54, 1.807) is 4.90 Å². The van der Waals surface area contributed by atoms with Gasteiger partial charge in [-0.15, -0.1) is 6.42 Å². The number of aromatic nitrogens is 2. The largest absolute Gasteiger partial charge is 1.00 e. The van der Waals surface area contributed by atoms with Gasteiger partial charge in [0.25, 0.3) is 0 Å². The lowest BCUT2D eigenvalue weighted by molar-refractivity contribution is -0.433. The van der Waals surface area contributed by atoms with Crippen molar-refractivity contribution < 1.29 is 64.1 Å². The molecule has 1 fully saturated rings. The van der Waals surface area contributed by atoms with Crippen LogP contribution in [-0.4, -0.2) is 124 Å². The first-order chi connectivity index (χ1) is 34.9. The maximum Gasteiger partial charge on any atom is 0.508 e. The van der Waals surface area contributed by atoms with Gasteiger partial charge in [0.15, 0.2) is 11.8 Å². The number of carbonyl (C=O) groups excluding carboxylic acids is 2. The number of nitrogen functional groups attached to an aromatic ring is 1. The zero-order valence-corrected chi connectivity index (χ0v) is 45.1. The van der Waals surface area contributed by atoms with E-state index in [4.69, 9.17) is 35.8 Å². The lowest BCUT2D eigenvalue weighted by Gasteiger charge is -2.34. The van der Waals surface area contributed by atoms with Gasteiger partial charge in [0.2, 0.25) is 11.9 Å². The number of likely N-dealkylation sites (N-methyl/N-ethyl adjacent to an activating group) is 2. The number of rotatable bonds is 19. The van der Waals surface area contributed by atoms with Gasteiger partial charge in [0, 0.05) is 78.1 Å². The second-order valence-corrected chi connectivity index (χ2v) is 21.5. The molecule has 1 aromatic heterocycles. The summed E-state index contributed by atoms with van der Waals surface area (Å²) in [5, 5.41) is 10.2. The third-order valence-electron chi connectivity index (χ3n) is 13.5. The number of para-hydroxylation sites is 2. The first-order valence-corrected chi connectivity index (χ1v) is 26.9. The number of fused-ring (bicyclic) bond motifs is 2. The summed E-state index contributed by atoms with van der Waals surface area (Å²) in [6, 6.07) is 18.1. The van der Waals surface area contributed by atoms with Crippen molar-refractivity contribution in [1.82, 2.24) is 14.5 Å². The number of aliphatic hydroxyl groups is 1. The fourth-order valence-electron chi connectivity index (χ4n) is 10.0. The Balaban J connectivity index is 0.00000892. The monoisotopic (exact) mass is 1080 g/mol. The van der Waals surface area contributed by atoms with E-state index in [1.807, 2.05) is 6.92 Å². The molecular formula is C54H65ClF2N6O9S2. The molecule has 20 heteroatoms. The van der Waals surface area contributed by atoms with Gasteiger partial charge in [0.05, 0.1) is 17.2 Å². The van der Waals surface area contributed by atoms with Gasteiger partial charge in [-0.3, -0.25) is 9.47 Å². The zero-order chi connectivity index (χ0) is 52.7. The van der Waals surface area contributed by atoms with Crippen LogP contribution in [0.1, 0.15) is 78.7 Å². The molecule has 0 spiro atoms. The summed E-state index contributed by atoms with van der Waals surface area (Å²) >= 11 is 0. The Kier molecular flexibility index (Phi) is 19.3. The molecular weight excluding hydrogens is 1010 g/mol.